The lowest BCUT2D eigenvalue weighted by Gasteiger charge is -2.30. The number of carbonyl (C=O) groups is 2. The molecule has 1 aliphatic heterocycles. The molecule has 1 aromatic carbocycles. The van der Waals surface area contributed by atoms with Gasteiger partial charge in [-0.3, -0.25) is 4.79 Å². The first-order valence-corrected chi connectivity index (χ1v) is 8.79. The summed E-state index contributed by atoms with van der Waals surface area (Å²) in [6.07, 6.45) is 5.94. The number of hydrogen-bond donors (Lipinski definition) is 2. The summed E-state index contributed by atoms with van der Waals surface area (Å²) in [4.78, 5) is 25.9. The van der Waals surface area contributed by atoms with E-state index in [0.717, 1.165) is 5.56 Å². The molecule has 2 N–H and O–H groups in total. The number of urea groups is 1. The Morgan fingerprint density at radius 3 is 2.67 bits per heavy atom. The molecule has 144 valence electrons. The summed E-state index contributed by atoms with van der Waals surface area (Å²) in [7, 11) is 0. The second-order valence-electron chi connectivity index (χ2n) is 7.52. The maximum atomic E-state index is 14.6. The van der Waals surface area contributed by atoms with E-state index in [0.29, 0.717) is 24.1 Å². The van der Waals surface area contributed by atoms with E-state index in [4.69, 9.17) is 0 Å². The van der Waals surface area contributed by atoms with Crippen LogP contribution in [0.5, 0.6) is 0 Å². The van der Waals surface area contributed by atoms with E-state index >= 15 is 0 Å². The van der Waals surface area contributed by atoms with Crippen molar-refractivity contribution >= 4 is 23.3 Å². The molecule has 1 aliphatic rings. The summed E-state index contributed by atoms with van der Waals surface area (Å²) in [5.74, 6) is -0.675. The highest BCUT2D eigenvalue weighted by atomic mass is 19.1. The normalized spacial score (nSPS) is 14.1. The molecule has 1 heterocycles. The van der Waals surface area contributed by atoms with Crippen molar-refractivity contribution in [2.24, 2.45) is 0 Å². The molecule has 0 saturated carbocycles. The molecule has 0 unspecified atom stereocenters. The fourth-order valence-electron chi connectivity index (χ4n) is 2.79. The van der Waals surface area contributed by atoms with Crippen molar-refractivity contribution in [3.63, 3.8) is 0 Å². The first-order chi connectivity index (χ1) is 12.6. The van der Waals surface area contributed by atoms with E-state index in [2.05, 4.69) is 23.8 Å². The van der Waals surface area contributed by atoms with Crippen LogP contribution in [-0.2, 0) is 11.2 Å². The molecule has 0 aromatic heterocycles. The summed E-state index contributed by atoms with van der Waals surface area (Å²) in [6, 6.07) is 2.41. The zero-order valence-electron chi connectivity index (χ0n) is 16.1. The van der Waals surface area contributed by atoms with Crippen LogP contribution in [0.25, 0.3) is 0 Å². The van der Waals surface area contributed by atoms with Crippen molar-refractivity contribution < 1.29 is 14.0 Å². The summed E-state index contributed by atoms with van der Waals surface area (Å²) in [5.41, 5.74) is 1.69. The van der Waals surface area contributed by atoms with E-state index < -0.39 is 17.4 Å². The molecular formula is C21H26FN3O2. The van der Waals surface area contributed by atoms with Gasteiger partial charge in [-0.15, -0.1) is 0 Å². The summed E-state index contributed by atoms with van der Waals surface area (Å²) < 4.78 is 14.6. The lowest BCUT2D eigenvalue weighted by atomic mass is 9.99. The predicted molar refractivity (Wildman–Crippen MR) is 107 cm³/mol. The molecule has 1 aromatic rings. The van der Waals surface area contributed by atoms with Gasteiger partial charge in [0.1, 0.15) is 5.82 Å². The monoisotopic (exact) mass is 371 g/mol. The minimum Gasteiger partial charge on any atom is -0.333 e. The second-order valence-corrected chi connectivity index (χ2v) is 7.52. The fourth-order valence-corrected chi connectivity index (χ4v) is 2.79. The molecule has 5 nitrogen and oxygen atoms in total. The van der Waals surface area contributed by atoms with Gasteiger partial charge in [-0.05, 0) is 44.4 Å². The zero-order valence-corrected chi connectivity index (χ0v) is 16.1. The molecule has 0 spiro atoms. The van der Waals surface area contributed by atoms with E-state index in [1.165, 1.54) is 11.0 Å². The Morgan fingerprint density at radius 1 is 1.33 bits per heavy atom. The third kappa shape index (κ3) is 5.54. The highest BCUT2D eigenvalue weighted by Gasteiger charge is 2.26. The van der Waals surface area contributed by atoms with E-state index in [1.807, 2.05) is 20.8 Å². The maximum absolute atomic E-state index is 14.6. The molecule has 0 radical (unpaired) electrons. The first-order valence-electron chi connectivity index (χ1n) is 8.79. The van der Waals surface area contributed by atoms with Gasteiger partial charge in [-0.2, -0.15) is 0 Å². The van der Waals surface area contributed by atoms with Crippen molar-refractivity contribution in [3.05, 3.63) is 60.5 Å². The summed E-state index contributed by atoms with van der Waals surface area (Å²) in [5, 5.41) is 5.27. The average molecular weight is 371 g/mol. The first kappa shape index (κ1) is 20.4. The maximum Gasteiger partial charge on any atom is 0.319 e. The van der Waals surface area contributed by atoms with Gasteiger partial charge in [0, 0.05) is 18.0 Å². The highest BCUT2D eigenvalue weighted by molar-refractivity contribution is 5.98. The summed E-state index contributed by atoms with van der Waals surface area (Å²) >= 11 is 0. The van der Waals surface area contributed by atoms with Crippen molar-refractivity contribution in [1.29, 1.82) is 0 Å². The lowest BCUT2D eigenvalue weighted by molar-refractivity contribution is -0.118. The molecular weight excluding hydrogens is 345 g/mol. The predicted octanol–water partition coefficient (Wildman–Crippen LogP) is 4.32. The number of halogens is 1. The Kier molecular flexibility index (Phi) is 6.20. The fraction of sp³-hybridized carbons (Fsp3) is 0.333. The number of carbonyl (C=O) groups excluding carboxylic acids is 2. The van der Waals surface area contributed by atoms with Gasteiger partial charge in [0.25, 0.3) is 0 Å². The Labute approximate surface area is 159 Å². The average Bonchev–Trinajstić information content (AvgIpc) is 2.55. The third-order valence-electron chi connectivity index (χ3n) is 3.93. The van der Waals surface area contributed by atoms with Gasteiger partial charge in [0.05, 0.1) is 17.9 Å². The number of nitrogens with one attached hydrogen (secondary N) is 2. The molecule has 0 aliphatic carbocycles. The number of hydrogen-bond acceptors (Lipinski definition) is 2. The molecule has 0 fully saturated rings. The van der Waals surface area contributed by atoms with Crippen LogP contribution in [0.15, 0.2) is 49.1 Å². The van der Waals surface area contributed by atoms with E-state index in [1.54, 1.807) is 24.3 Å². The van der Waals surface area contributed by atoms with Gasteiger partial charge >= 0.3 is 6.03 Å². The van der Waals surface area contributed by atoms with Gasteiger partial charge in [0.15, 0.2) is 0 Å². The number of benzene rings is 1. The molecule has 6 heteroatoms. The topological polar surface area (TPSA) is 61.4 Å². The molecule has 0 atom stereocenters. The van der Waals surface area contributed by atoms with Crippen molar-refractivity contribution in [2.75, 3.05) is 16.8 Å². The Morgan fingerprint density at radius 2 is 2.04 bits per heavy atom. The van der Waals surface area contributed by atoms with Gasteiger partial charge < -0.3 is 15.5 Å². The second kappa shape index (κ2) is 8.20. The quantitative estimate of drug-likeness (QED) is 0.757. The van der Waals surface area contributed by atoms with Crippen LogP contribution in [0.3, 0.4) is 0 Å². The smallest absolute Gasteiger partial charge is 0.319 e. The van der Waals surface area contributed by atoms with Crippen LogP contribution >= 0.6 is 0 Å². The number of fused-ring (bicyclic) bond motifs is 1. The van der Waals surface area contributed by atoms with Gasteiger partial charge in [-0.25, -0.2) is 9.18 Å². The molecule has 0 bridgehead atoms. The largest absolute Gasteiger partial charge is 0.333 e. The zero-order chi connectivity index (χ0) is 20.2. The number of rotatable bonds is 5. The number of amides is 3. The van der Waals surface area contributed by atoms with E-state index in [9.17, 15) is 14.0 Å². The number of anilines is 2. The molecule has 3 amide bonds. The summed E-state index contributed by atoms with van der Waals surface area (Å²) in [6.45, 7) is 13.3. The van der Waals surface area contributed by atoms with Crippen molar-refractivity contribution in [2.45, 2.75) is 39.2 Å². The Bertz CT molecular complexity index is 806. The van der Waals surface area contributed by atoms with E-state index in [-0.39, 0.29) is 18.1 Å². The van der Waals surface area contributed by atoms with Crippen LogP contribution in [-0.4, -0.2) is 24.0 Å². The van der Waals surface area contributed by atoms with Crippen molar-refractivity contribution in [1.82, 2.24) is 5.32 Å². The number of aryl methyl sites for hydroxylation is 1. The van der Waals surface area contributed by atoms with Crippen LogP contribution in [0.4, 0.5) is 20.6 Å². The van der Waals surface area contributed by atoms with Crippen molar-refractivity contribution in [3.8, 4) is 0 Å². The number of nitrogens with zero attached hydrogens (tertiary/aromatic N) is 1. The third-order valence-corrected chi connectivity index (χ3v) is 3.93. The van der Waals surface area contributed by atoms with Crippen LogP contribution in [0.1, 0.15) is 32.8 Å². The molecule has 0 saturated heterocycles. The minimum atomic E-state index is -0.593. The standard InChI is InChI=1S/C21H26FN3O2/c1-6-7-8-14(2)13-25-18-12-16(22)17(11-15(18)9-10-19(25)26)23-20(27)24-21(3,4)5/h6-8,11-12H,1-2,9-10,13H2,3-5H3,(H2,23,24,27)/b8-7-. The lowest BCUT2D eigenvalue weighted by Crippen LogP contribution is -2.43. The number of allylic oxidation sites excluding steroid dienone is 2. The van der Waals surface area contributed by atoms with Gasteiger partial charge in [-0.1, -0.05) is 31.4 Å². The van der Waals surface area contributed by atoms with Crippen LogP contribution in [0.2, 0.25) is 0 Å². The van der Waals surface area contributed by atoms with Gasteiger partial charge in [0.2, 0.25) is 5.91 Å². The Balaban J connectivity index is 2.26. The molecule has 2 rings (SSSR count). The Hall–Kier alpha value is -2.89. The van der Waals surface area contributed by atoms with Crippen LogP contribution in [0, 0.1) is 5.82 Å². The van der Waals surface area contributed by atoms with Crippen LogP contribution < -0.4 is 15.5 Å². The minimum absolute atomic E-state index is 0.0822. The highest BCUT2D eigenvalue weighted by Crippen LogP contribution is 2.33. The molecule has 27 heavy (non-hydrogen) atoms. The SMILES string of the molecule is C=C/C=C\C(=C)CN1C(=O)CCc2cc(NC(=O)NC(C)(C)C)c(F)cc21.